The van der Waals surface area contributed by atoms with Crippen LogP contribution in [0.5, 0.6) is 0 Å². The highest BCUT2D eigenvalue weighted by Gasteiger charge is 2.04. The Labute approximate surface area is 79.9 Å². The molecule has 1 aromatic heterocycles. The lowest BCUT2D eigenvalue weighted by Crippen LogP contribution is -2.00. The lowest BCUT2D eigenvalue weighted by atomic mass is 10.1. The summed E-state index contributed by atoms with van der Waals surface area (Å²) in [5.41, 5.74) is 7.54. The van der Waals surface area contributed by atoms with Crippen LogP contribution < -0.4 is 5.73 Å². The predicted octanol–water partition coefficient (Wildman–Crippen LogP) is 2.38. The summed E-state index contributed by atoms with van der Waals surface area (Å²) < 4.78 is 0.761. The molecule has 1 heterocycles. The molecule has 0 radical (unpaired) electrons. The maximum Gasteiger partial charge on any atom is 0.0936 e. The minimum Gasteiger partial charge on any atom is -0.397 e. The van der Waals surface area contributed by atoms with Gasteiger partial charge in [-0.15, -0.1) is 0 Å². The first-order chi connectivity index (χ1) is 5.63. The Kier molecular flexibility index (Phi) is 2.65. The standard InChI is InChI=1S/C9H9BrN2/c1-6(10)8-4-3-5-12-9(8)7(2)11/h3-5H,1-2,11H2. The monoisotopic (exact) mass is 224 g/mol. The molecule has 0 bridgehead atoms. The van der Waals surface area contributed by atoms with Crippen LogP contribution in [0.25, 0.3) is 10.2 Å². The smallest absolute Gasteiger partial charge is 0.0936 e. The Bertz CT molecular complexity index is 298. The Balaban J connectivity index is 3.27. The highest BCUT2D eigenvalue weighted by atomic mass is 79.9. The van der Waals surface area contributed by atoms with Gasteiger partial charge in [-0.1, -0.05) is 35.2 Å². The minimum atomic E-state index is 0.450. The predicted molar refractivity (Wildman–Crippen MR) is 55.4 cm³/mol. The third-order valence-corrected chi connectivity index (χ3v) is 1.83. The summed E-state index contributed by atoms with van der Waals surface area (Å²) in [6.07, 6.45) is 1.67. The number of nitrogens with two attached hydrogens (primary N) is 1. The summed E-state index contributed by atoms with van der Waals surface area (Å²) in [4.78, 5) is 4.08. The largest absolute Gasteiger partial charge is 0.397 e. The summed E-state index contributed by atoms with van der Waals surface area (Å²) >= 11 is 3.27. The van der Waals surface area contributed by atoms with Gasteiger partial charge in [0.1, 0.15) is 0 Å². The molecule has 62 valence electrons. The number of nitrogens with zero attached hydrogens (tertiary/aromatic N) is 1. The van der Waals surface area contributed by atoms with Crippen molar-refractivity contribution in [1.29, 1.82) is 0 Å². The lowest BCUT2D eigenvalue weighted by Gasteiger charge is -2.04. The molecule has 12 heavy (non-hydrogen) atoms. The van der Waals surface area contributed by atoms with E-state index in [1.54, 1.807) is 6.20 Å². The second kappa shape index (κ2) is 3.54. The summed E-state index contributed by atoms with van der Waals surface area (Å²) in [5, 5.41) is 0. The fraction of sp³-hybridized carbons (Fsp3) is 0. The average molecular weight is 225 g/mol. The van der Waals surface area contributed by atoms with E-state index >= 15 is 0 Å². The van der Waals surface area contributed by atoms with E-state index in [-0.39, 0.29) is 0 Å². The van der Waals surface area contributed by atoms with Gasteiger partial charge in [-0.05, 0) is 6.07 Å². The van der Waals surface area contributed by atoms with Crippen LogP contribution in [-0.4, -0.2) is 4.98 Å². The molecule has 0 unspecified atom stereocenters. The number of pyridine rings is 1. The number of aromatic nitrogens is 1. The Morgan fingerprint density at radius 1 is 1.50 bits per heavy atom. The van der Waals surface area contributed by atoms with Crippen LogP contribution in [0, 0.1) is 0 Å². The van der Waals surface area contributed by atoms with Gasteiger partial charge in [-0.25, -0.2) is 0 Å². The van der Waals surface area contributed by atoms with Gasteiger partial charge in [0, 0.05) is 16.2 Å². The van der Waals surface area contributed by atoms with E-state index < -0.39 is 0 Å². The van der Waals surface area contributed by atoms with E-state index in [1.807, 2.05) is 12.1 Å². The molecule has 0 aliphatic rings. The van der Waals surface area contributed by atoms with Crippen molar-refractivity contribution in [1.82, 2.24) is 4.98 Å². The van der Waals surface area contributed by atoms with Crippen molar-refractivity contribution in [2.45, 2.75) is 0 Å². The molecule has 2 N–H and O–H groups in total. The van der Waals surface area contributed by atoms with Crippen LogP contribution in [-0.2, 0) is 0 Å². The zero-order valence-electron chi connectivity index (χ0n) is 6.55. The second-order valence-corrected chi connectivity index (χ2v) is 3.29. The Morgan fingerprint density at radius 2 is 2.17 bits per heavy atom. The molecule has 2 nitrogen and oxygen atoms in total. The average Bonchev–Trinajstić information content (AvgIpc) is 2.04. The van der Waals surface area contributed by atoms with Crippen molar-refractivity contribution in [3.63, 3.8) is 0 Å². The van der Waals surface area contributed by atoms with Gasteiger partial charge in [-0.3, -0.25) is 4.98 Å². The molecule has 0 aromatic carbocycles. The topological polar surface area (TPSA) is 38.9 Å². The van der Waals surface area contributed by atoms with Gasteiger partial charge in [0.2, 0.25) is 0 Å². The van der Waals surface area contributed by atoms with Crippen molar-refractivity contribution in [3.8, 4) is 0 Å². The minimum absolute atomic E-state index is 0.450. The first-order valence-electron chi connectivity index (χ1n) is 3.37. The molecular formula is C9H9BrN2. The summed E-state index contributed by atoms with van der Waals surface area (Å²) in [6.45, 7) is 7.37. The van der Waals surface area contributed by atoms with Crippen LogP contribution >= 0.6 is 15.9 Å². The number of halogens is 1. The highest BCUT2D eigenvalue weighted by molar-refractivity contribution is 9.15. The van der Waals surface area contributed by atoms with Crippen molar-refractivity contribution in [2.24, 2.45) is 5.73 Å². The van der Waals surface area contributed by atoms with E-state index in [0.29, 0.717) is 11.4 Å². The normalized spacial score (nSPS) is 9.42. The van der Waals surface area contributed by atoms with Gasteiger partial charge < -0.3 is 5.73 Å². The molecule has 0 aliphatic carbocycles. The first-order valence-corrected chi connectivity index (χ1v) is 4.16. The quantitative estimate of drug-likeness (QED) is 0.839. The van der Waals surface area contributed by atoms with Crippen molar-refractivity contribution in [3.05, 3.63) is 42.7 Å². The zero-order valence-corrected chi connectivity index (χ0v) is 8.13. The van der Waals surface area contributed by atoms with Crippen LogP contribution in [0.1, 0.15) is 11.3 Å². The van der Waals surface area contributed by atoms with Crippen LogP contribution in [0.3, 0.4) is 0 Å². The third-order valence-electron chi connectivity index (χ3n) is 1.40. The van der Waals surface area contributed by atoms with Gasteiger partial charge in [0.15, 0.2) is 0 Å². The molecule has 0 saturated carbocycles. The van der Waals surface area contributed by atoms with Gasteiger partial charge in [0.25, 0.3) is 0 Å². The maximum absolute atomic E-state index is 5.53. The van der Waals surface area contributed by atoms with Crippen LogP contribution in [0.4, 0.5) is 0 Å². The molecule has 3 heteroatoms. The Hall–Kier alpha value is -1.09. The fourth-order valence-electron chi connectivity index (χ4n) is 0.880. The second-order valence-electron chi connectivity index (χ2n) is 2.33. The van der Waals surface area contributed by atoms with E-state index in [0.717, 1.165) is 10.0 Å². The van der Waals surface area contributed by atoms with E-state index in [4.69, 9.17) is 5.73 Å². The Morgan fingerprint density at radius 3 is 2.58 bits per heavy atom. The number of hydrogen-bond acceptors (Lipinski definition) is 2. The van der Waals surface area contributed by atoms with E-state index in [9.17, 15) is 0 Å². The van der Waals surface area contributed by atoms with E-state index in [1.165, 1.54) is 0 Å². The van der Waals surface area contributed by atoms with E-state index in [2.05, 4.69) is 34.1 Å². The molecule has 0 aliphatic heterocycles. The summed E-state index contributed by atoms with van der Waals surface area (Å²) in [7, 11) is 0. The molecule has 0 amide bonds. The molecule has 0 atom stereocenters. The lowest BCUT2D eigenvalue weighted by molar-refractivity contribution is 1.25. The number of rotatable bonds is 2. The third kappa shape index (κ3) is 1.74. The molecular weight excluding hydrogens is 216 g/mol. The highest BCUT2D eigenvalue weighted by Crippen LogP contribution is 2.23. The number of hydrogen-bond donors (Lipinski definition) is 1. The molecule has 1 rings (SSSR count). The van der Waals surface area contributed by atoms with Gasteiger partial charge in [-0.2, -0.15) is 0 Å². The van der Waals surface area contributed by atoms with Crippen LogP contribution in [0.2, 0.25) is 0 Å². The SMILES string of the molecule is C=C(Br)c1cccnc1C(=C)N. The summed E-state index contributed by atoms with van der Waals surface area (Å²) in [6, 6.07) is 3.71. The van der Waals surface area contributed by atoms with Gasteiger partial charge in [0.05, 0.1) is 11.4 Å². The summed E-state index contributed by atoms with van der Waals surface area (Å²) in [5.74, 6) is 0. The maximum atomic E-state index is 5.53. The van der Waals surface area contributed by atoms with Crippen LogP contribution in [0.15, 0.2) is 31.5 Å². The van der Waals surface area contributed by atoms with Crippen molar-refractivity contribution >= 4 is 26.1 Å². The van der Waals surface area contributed by atoms with Gasteiger partial charge >= 0.3 is 0 Å². The first kappa shape index (κ1) is 9.00. The fourth-order valence-corrected chi connectivity index (χ4v) is 1.20. The molecule has 0 fully saturated rings. The molecule has 0 spiro atoms. The van der Waals surface area contributed by atoms with Crippen molar-refractivity contribution < 1.29 is 0 Å². The molecule has 1 aromatic rings. The van der Waals surface area contributed by atoms with Crippen molar-refractivity contribution in [2.75, 3.05) is 0 Å². The molecule has 0 saturated heterocycles. The zero-order chi connectivity index (χ0) is 9.14.